The van der Waals surface area contributed by atoms with Crippen LogP contribution in [-0.4, -0.2) is 17.1 Å². The Bertz CT molecular complexity index is 408. The molecule has 1 saturated carbocycles. The van der Waals surface area contributed by atoms with Gasteiger partial charge >= 0.3 is 0 Å². The summed E-state index contributed by atoms with van der Waals surface area (Å²) >= 11 is 0. The van der Waals surface area contributed by atoms with Gasteiger partial charge in [-0.15, -0.1) is 0 Å². The molecule has 0 aromatic carbocycles. The lowest BCUT2D eigenvalue weighted by molar-refractivity contribution is 0.0773. The van der Waals surface area contributed by atoms with Gasteiger partial charge in [0.1, 0.15) is 23.6 Å². The molecule has 78 valence electrons. The number of nitrogens with two attached hydrogens (primary N) is 1. The van der Waals surface area contributed by atoms with E-state index in [1.807, 2.05) is 6.07 Å². The smallest absolute Gasteiger partial charge is 0.159 e. The van der Waals surface area contributed by atoms with E-state index in [-0.39, 0.29) is 11.9 Å². The predicted octanol–water partition coefficient (Wildman–Crippen LogP) is 1.03. The van der Waals surface area contributed by atoms with Crippen LogP contribution in [0.5, 0.6) is 0 Å². The third-order valence-corrected chi connectivity index (χ3v) is 2.52. The van der Waals surface area contributed by atoms with Gasteiger partial charge in [0.25, 0.3) is 0 Å². The van der Waals surface area contributed by atoms with Gasteiger partial charge in [0.2, 0.25) is 0 Å². The van der Waals surface area contributed by atoms with Crippen LogP contribution in [0.4, 0.5) is 5.82 Å². The van der Waals surface area contributed by atoms with Gasteiger partial charge in [-0.05, 0) is 18.8 Å². The first-order chi connectivity index (χ1) is 7.26. The van der Waals surface area contributed by atoms with Gasteiger partial charge in [0.15, 0.2) is 5.82 Å². The molecule has 0 spiro atoms. The highest BCUT2D eigenvalue weighted by Gasteiger charge is 2.34. The summed E-state index contributed by atoms with van der Waals surface area (Å²) in [6.07, 6.45) is 3.65. The van der Waals surface area contributed by atoms with E-state index in [0.29, 0.717) is 17.3 Å². The summed E-state index contributed by atoms with van der Waals surface area (Å²) in [6, 6.07) is 1.93. The molecule has 1 aliphatic rings. The number of rotatable bonds is 3. The fraction of sp³-hybridized carbons (Fsp3) is 0.500. The van der Waals surface area contributed by atoms with E-state index in [1.165, 1.54) is 6.20 Å². The van der Waals surface area contributed by atoms with E-state index >= 15 is 0 Å². The molecule has 1 fully saturated rings. The van der Waals surface area contributed by atoms with Gasteiger partial charge < -0.3 is 10.5 Å². The fourth-order valence-electron chi connectivity index (χ4n) is 1.54. The van der Waals surface area contributed by atoms with Crippen LogP contribution >= 0.6 is 0 Å². The van der Waals surface area contributed by atoms with Crippen LogP contribution in [0.2, 0.25) is 0 Å². The maximum atomic E-state index is 8.69. The average Bonchev–Trinajstić information content (AvgIpc) is 3.03. The molecule has 15 heavy (non-hydrogen) atoms. The Morgan fingerprint density at radius 2 is 2.40 bits per heavy atom. The first-order valence-electron chi connectivity index (χ1n) is 4.81. The van der Waals surface area contributed by atoms with Crippen LogP contribution in [0.25, 0.3) is 0 Å². The Kier molecular flexibility index (Phi) is 2.52. The number of ether oxygens (including phenoxy) is 1. The molecule has 2 rings (SSSR count). The van der Waals surface area contributed by atoms with Crippen molar-refractivity contribution in [3.05, 3.63) is 17.6 Å². The molecule has 0 aliphatic heterocycles. The minimum absolute atomic E-state index is 0.0833. The highest BCUT2D eigenvalue weighted by atomic mass is 16.5. The number of hydrogen-bond donors (Lipinski definition) is 1. The number of nitrogens with zero attached hydrogens (tertiary/aromatic N) is 3. The monoisotopic (exact) mass is 204 g/mol. The van der Waals surface area contributed by atoms with Crippen LogP contribution in [0.15, 0.2) is 6.20 Å². The van der Waals surface area contributed by atoms with Crippen LogP contribution < -0.4 is 5.73 Å². The Balaban J connectivity index is 2.28. The van der Waals surface area contributed by atoms with Crippen molar-refractivity contribution < 1.29 is 4.74 Å². The largest absolute Gasteiger partial charge is 0.382 e. The summed E-state index contributed by atoms with van der Waals surface area (Å²) in [6.45, 7) is 0. The Morgan fingerprint density at radius 3 is 2.87 bits per heavy atom. The number of methoxy groups -OCH3 is 1. The number of nitriles is 1. The first kappa shape index (κ1) is 9.87. The Labute approximate surface area is 87.9 Å². The van der Waals surface area contributed by atoms with Crippen LogP contribution in [0.3, 0.4) is 0 Å². The van der Waals surface area contributed by atoms with Gasteiger partial charge in [-0.2, -0.15) is 5.26 Å². The molecule has 0 radical (unpaired) electrons. The normalized spacial score (nSPS) is 17.1. The molecule has 0 saturated heterocycles. The van der Waals surface area contributed by atoms with Crippen molar-refractivity contribution in [2.75, 3.05) is 12.8 Å². The summed E-state index contributed by atoms with van der Waals surface area (Å²) in [5.41, 5.74) is 5.93. The third kappa shape index (κ3) is 1.90. The maximum Gasteiger partial charge on any atom is 0.159 e. The number of hydrogen-bond acceptors (Lipinski definition) is 5. The van der Waals surface area contributed by atoms with Crippen molar-refractivity contribution in [3.8, 4) is 6.07 Å². The third-order valence-electron chi connectivity index (χ3n) is 2.52. The highest BCUT2D eigenvalue weighted by Crippen LogP contribution is 2.41. The molecule has 1 aliphatic carbocycles. The van der Waals surface area contributed by atoms with Gasteiger partial charge in [-0.1, -0.05) is 0 Å². The van der Waals surface area contributed by atoms with Gasteiger partial charge in [0, 0.05) is 7.11 Å². The van der Waals surface area contributed by atoms with E-state index in [1.54, 1.807) is 7.11 Å². The van der Waals surface area contributed by atoms with E-state index in [0.717, 1.165) is 12.8 Å². The zero-order valence-electron chi connectivity index (χ0n) is 8.47. The quantitative estimate of drug-likeness (QED) is 0.794. The van der Waals surface area contributed by atoms with Gasteiger partial charge in [-0.3, -0.25) is 0 Å². The molecule has 1 atom stereocenters. The molecule has 1 aromatic heterocycles. The molecule has 0 bridgehead atoms. The number of aromatic nitrogens is 2. The van der Waals surface area contributed by atoms with Gasteiger partial charge in [0.05, 0.1) is 6.20 Å². The van der Waals surface area contributed by atoms with Crippen molar-refractivity contribution >= 4 is 5.82 Å². The standard InChI is InChI=1S/C10H12N4O/c1-15-8(6-2-3-6)10-13-5-7(4-11)9(12)14-10/h5-6,8H,2-3H2,1H3,(H2,12,13,14). The number of anilines is 1. The highest BCUT2D eigenvalue weighted by molar-refractivity contribution is 5.46. The summed E-state index contributed by atoms with van der Waals surface area (Å²) in [7, 11) is 1.64. The second kappa shape index (κ2) is 3.83. The van der Waals surface area contributed by atoms with Crippen molar-refractivity contribution in [2.45, 2.75) is 18.9 Å². The molecule has 0 amide bonds. The van der Waals surface area contributed by atoms with E-state index in [4.69, 9.17) is 15.7 Å². The molecule has 1 aromatic rings. The van der Waals surface area contributed by atoms with Crippen molar-refractivity contribution in [1.29, 1.82) is 5.26 Å². The maximum absolute atomic E-state index is 8.69. The average molecular weight is 204 g/mol. The Morgan fingerprint density at radius 1 is 1.67 bits per heavy atom. The van der Waals surface area contributed by atoms with Gasteiger partial charge in [-0.25, -0.2) is 9.97 Å². The van der Waals surface area contributed by atoms with E-state index in [2.05, 4.69) is 9.97 Å². The van der Waals surface area contributed by atoms with Crippen molar-refractivity contribution in [2.24, 2.45) is 5.92 Å². The minimum Gasteiger partial charge on any atom is -0.382 e. The lowest BCUT2D eigenvalue weighted by atomic mass is 10.2. The second-order valence-electron chi connectivity index (χ2n) is 3.63. The SMILES string of the molecule is COC(c1ncc(C#N)c(N)n1)C1CC1. The Hall–Kier alpha value is -1.67. The molecule has 5 nitrogen and oxygen atoms in total. The van der Waals surface area contributed by atoms with E-state index < -0.39 is 0 Å². The molecular formula is C10H12N4O. The molecule has 5 heteroatoms. The topological polar surface area (TPSA) is 84.8 Å². The van der Waals surface area contributed by atoms with Crippen molar-refractivity contribution in [3.63, 3.8) is 0 Å². The van der Waals surface area contributed by atoms with Crippen LogP contribution in [0, 0.1) is 17.2 Å². The minimum atomic E-state index is -0.0833. The zero-order chi connectivity index (χ0) is 10.8. The van der Waals surface area contributed by atoms with Crippen LogP contribution in [-0.2, 0) is 4.74 Å². The lowest BCUT2D eigenvalue weighted by Crippen LogP contribution is -2.10. The summed E-state index contributed by atoms with van der Waals surface area (Å²) < 4.78 is 5.33. The summed E-state index contributed by atoms with van der Waals surface area (Å²) in [5, 5.41) is 8.69. The fourth-order valence-corrected chi connectivity index (χ4v) is 1.54. The van der Waals surface area contributed by atoms with Crippen LogP contribution in [0.1, 0.15) is 30.3 Å². The first-order valence-corrected chi connectivity index (χ1v) is 4.81. The molecule has 2 N–H and O–H groups in total. The predicted molar refractivity (Wildman–Crippen MR) is 53.6 cm³/mol. The molecular weight excluding hydrogens is 192 g/mol. The summed E-state index contributed by atoms with van der Waals surface area (Å²) in [5.74, 6) is 1.31. The van der Waals surface area contributed by atoms with Crippen molar-refractivity contribution in [1.82, 2.24) is 9.97 Å². The lowest BCUT2D eigenvalue weighted by Gasteiger charge is -2.12. The zero-order valence-corrected chi connectivity index (χ0v) is 8.47. The summed E-state index contributed by atoms with van der Waals surface area (Å²) in [4.78, 5) is 8.20. The number of nitrogen functional groups attached to an aromatic ring is 1. The molecule has 1 unspecified atom stereocenters. The van der Waals surface area contributed by atoms with E-state index in [9.17, 15) is 0 Å². The molecule has 1 heterocycles. The second-order valence-corrected chi connectivity index (χ2v) is 3.63.